The Morgan fingerprint density at radius 1 is 1.20 bits per heavy atom. The van der Waals surface area contributed by atoms with Crippen LogP contribution in [0.15, 0.2) is 42.5 Å². The fourth-order valence-corrected chi connectivity index (χ4v) is 3.08. The average Bonchev–Trinajstić information content (AvgIpc) is 2.63. The second-order valence-electron chi connectivity index (χ2n) is 6.35. The van der Waals surface area contributed by atoms with Gasteiger partial charge in [0.2, 0.25) is 5.82 Å². The molecule has 1 aromatic carbocycles. The minimum absolute atomic E-state index is 0.0907. The zero-order chi connectivity index (χ0) is 17.6. The van der Waals surface area contributed by atoms with E-state index in [1.165, 1.54) is 0 Å². The lowest BCUT2D eigenvalue weighted by Gasteiger charge is -2.31. The Morgan fingerprint density at radius 3 is 2.60 bits per heavy atom. The summed E-state index contributed by atoms with van der Waals surface area (Å²) in [6.07, 6.45) is 2.83. The molecule has 1 saturated heterocycles. The van der Waals surface area contributed by atoms with Crippen LogP contribution in [0.25, 0.3) is 0 Å². The van der Waals surface area contributed by atoms with Crippen LogP contribution >= 0.6 is 0 Å². The first kappa shape index (κ1) is 17.0. The zero-order valence-corrected chi connectivity index (χ0v) is 14.3. The van der Waals surface area contributed by atoms with Crippen LogP contribution in [0.3, 0.4) is 0 Å². The van der Waals surface area contributed by atoms with Crippen LogP contribution in [0.1, 0.15) is 30.5 Å². The highest BCUT2D eigenvalue weighted by Gasteiger charge is 2.25. The number of piperidine rings is 1. The third-order valence-corrected chi connectivity index (χ3v) is 4.50. The predicted molar refractivity (Wildman–Crippen MR) is 98.5 cm³/mol. The molecule has 1 aliphatic heterocycles. The van der Waals surface area contributed by atoms with E-state index in [1.807, 2.05) is 42.2 Å². The second-order valence-corrected chi connectivity index (χ2v) is 6.35. The number of anilines is 1. The van der Waals surface area contributed by atoms with E-state index in [4.69, 9.17) is 0 Å². The van der Waals surface area contributed by atoms with Crippen LogP contribution in [0.2, 0.25) is 0 Å². The molecule has 2 aromatic rings. The minimum atomic E-state index is -0.348. The number of rotatable bonds is 3. The van der Waals surface area contributed by atoms with Gasteiger partial charge in [-0.15, -0.1) is 0 Å². The molecule has 1 aromatic heterocycles. The van der Waals surface area contributed by atoms with Crippen molar-refractivity contribution in [2.24, 2.45) is 5.92 Å². The Balaban J connectivity index is 1.60. The standard InChI is InChI=1S/C20H21N3O2/c1-16-10-11-19(23(24)25)20(21-16)22-14-12-18(13-15-22)9-5-8-17-6-3-2-4-7-17/h2-4,6-7,10-11,18H,9,12-15H2,1H3. The van der Waals surface area contributed by atoms with Gasteiger partial charge in [-0.05, 0) is 43.9 Å². The van der Waals surface area contributed by atoms with Crippen molar-refractivity contribution in [1.29, 1.82) is 0 Å². The average molecular weight is 335 g/mol. The minimum Gasteiger partial charge on any atom is -0.351 e. The number of nitro groups is 1. The summed E-state index contributed by atoms with van der Waals surface area (Å²) in [5.41, 5.74) is 1.93. The van der Waals surface area contributed by atoms with Gasteiger partial charge < -0.3 is 4.90 Å². The molecule has 1 fully saturated rings. The molecule has 0 radical (unpaired) electrons. The van der Waals surface area contributed by atoms with Gasteiger partial charge in [0, 0.05) is 36.8 Å². The topological polar surface area (TPSA) is 59.3 Å². The first-order valence-corrected chi connectivity index (χ1v) is 8.54. The molecule has 1 aliphatic rings. The number of hydrogen-bond acceptors (Lipinski definition) is 4. The number of nitrogens with zero attached hydrogens (tertiary/aromatic N) is 3. The maximum atomic E-state index is 11.2. The van der Waals surface area contributed by atoms with Crippen molar-refractivity contribution < 1.29 is 4.92 Å². The Morgan fingerprint density at radius 2 is 1.92 bits per heavy atom. The number of pyridine rings is 1. The molecule has 5 heteroatoms. The van der Waals surface area contributed by atoms with Gasteiger partial charge in [0.1, 0.15) is 0 Å². The molecule has 0 saturated carbocycles. The lowest BCUT2D eigenvalue weighted by atomic mass is 9.93. The summed E-state index contributed by atoms with van der Waals surface area (Å²) in [6, 6.07) is 13.2. The first-order chi connectivity index (χ1) is 12.1. The normalized spacial score (nSPS) is 14.7. The van der Waals surface area contributed by atoms with Gasteiger partial charge in [-0.3, -0.25) is 10.1 Å². The van der Waals surface area contributed by atoms with Crippen molar-refractivity contribution in [2.45, 2.75) is 26.2 Å². The van der Waals surface area contributed by atoms with Gasteiger partial charge >= 0.3 is 5.69 Å². The van der Waals surface area contributed by atoms with E-state index in [9.17, 15) is 10.1 Å². The van der Waals surface area contributed by atoms with Crippen molar-refractivity contribution in [3.63, 3.8) is 0 Å². The molecular formula is C20H21N3O2. The zero-order valence-electron chi connectivity index (χ0n) is 14.3. The van der Waals surface area contributed by atoms with E-state index >= 15 is 0 Å². The Bertz CT molecular complexity index is 801. The van der Waals surface area contributed by atoms with Gasteiger partial charge in [-0.25, -0.2) is 4.98 Å². The monoisotopic (exact) mass is 335 g/mol. The van der Waals surface area contributed by atoms with Gasteiger partial charge in [0.25, 0.3) is 0 Å². The van der Waals surface area contributed by atoms with Gasteiger partial charge in [0.05, 0.1) is 4.92 Å². The highest BCUT2D eigenvalue weighted by molar-refractivity contribution is 5.58. The van der Waals surface area contributed by atoms with Crippen molar-refractivity contribution in [1.82, 2.24) is 4.98 Å². The summed E-state index contributed by atoms with van der Waals surface area (Å²) in [5.74, 6) is 7.51. The van der Waals surface area contributed by atoms with Crippen LogP contribution in [0.5, 0.6) is 0 Å². The predicted octanol–water partition coefficient (Wildman–Crippen LogP) is 3.96. The quantitative estimate of drug-likeness (QED) is 0.484. The second kappa shape index (κ2) is 7.80. The largest absolute Gasteiger partial charge is 0.351 e. The Hall–Kier alpha value is -2.87. The maximum absolute atomic E-state index is 11.2. The molecule has 25 heavy (non-hydrogen) atoms. The summed E-state index contributed by atoms with van der Waals surface area (Å²) >= 11 is 0. The first-order valence-electron chi connectivity index (χ1n) is 8.54. The fourth-order valence-electron chi connectivity index (χ4n) is 3.08. The van der Waals surface area contributed by atoms with Crippen LogP contribution in [-0.4, -0.2) is 23.0 Å². The third kappa shape index (κ3) is 4.36. The van der Waals surface area contributed by atoms with Gasteiger partial charge in [-0.2, -0.15) is 0 Å². The number of aryl methyl sites for hydroxylation is 1. The molecule has 5 nitrogen and oxygen atoms in total. The summed E-state index contributed by atoms with van der Waals surface area (Å²) < 4.78 is 0. The molecule has 2 heterocycles. The summed E-state index contributed by atoms with van der Waals surface area (Å²) in [5, 5.41) is 11.2. The highest BCUT2D eigenvalue weighted by Crippen LogP contribution is 2.30. The van der Waals surface area contributed by atoms with Gasteiger partial charge in [0.15, 0.2) is 0 Å². The Labute approximate surface area is 147 Å². The van der Waals surface area contributed by atoms with Crippen molar-refractivity contribution >= 4 is 11.5 Å². The fraction of sp³-hybridized carbons (Fsp3) is 0.350. The van der Waals surface area contributed by atoms with Crippen LogP contribution in [0, 0.1) is 34.8 Å². The van der Waals surface area contributed by atoms with Crippen LogP contribution in [-0.2, 0) is 0 Å². The van der Waals surface area contributed by atoms with Crippen LogP contribution in [0.4, 0.5) is 11.5 Å². The molecule has 0 aliphatic carbocycles. The van der Waals surface area contributed by atoms with E-state index in [1.54, 1.807) is 12.1 Å². The number of benzene rings is 1. The van der Waals surface area contributed by atoms with Crippen molar-refractivity contribution in [2.75, 3.05) is 18.0 Å². The van der Waals surface area contributed by atoms with E-state index in [0.717, 1.165) is 43.6 Å². The molecular weight excluding hydrogens is 314 g/mol. The summed E-state index contributed by atoms with van der Waals surface area (Å²) in [7, 11) is 0. The maximum Gasteiger partial charge on any atom is 0.311 e. The molecule has 0 unspecified atom stereocenters. The molecule has 0 bridgehead atoms. The molecule has 0 spiro atoms. The lowest BCUT2D eigenvalue weighted by molar-refractivity contribution is -0.384. The molecule has 0 amide bonds. The van der Waals surface area contributed by atoms with Crippen molar-refractivity contribution in [3.8, 4) is 11.8 Å². The lowest BCUT2D eigenvalue weighted by Crippen LogP contribution is -2.34. The Kier molecular flexibility index (Phi) is 5.30. The smallest absolute Gasteiger partial charge is 0.311 e. The van der Waals surface area contributed by atoms with Crippen molar-refractivity contribution in [3.05, 3.63) is 63.8 Å². The molecule has 0 atom stereocenters. The van der Waals surface area contributed by atoms with Crippen LogP contribution < -0.4 is 4.90 Å². The summed E-state index contributed by atoms with van der Waals surface area (Å²) in [4.78, 5) is 17.3. The third-order valence-electron chi connectivity index (χ3n) is 4.50. The van der Waals surface area contributed by atoms with E-state index in [-0.39, 0.29) is 10.6 Å². The van der Waals surface area contributed by atoms with E-state index < -0.39 is 0 Å². The van der Waals surface area contributed by atoms with E-state index in [2.05, 4.69) is 16.8 Å². The SMILES string of the molecule is Cc1ccc([N+](=O)[O-])c(N2CCC(CC#Cc3ccccc3)CC2)n1. The van der Waals surface area contributed by atoms with E-state index in [0.29, 0.717) is 11.7 Å². The summed E-state index contributed by atoms with van der Waals surface area (Å²) in [6.45, 7) is 3.43. The molecule has 0 N–H and O–H groups in total. The number of aromatic nitrogens is 1. The highest BCUT2D eigenvalue weighted by atomic mass is 16.6. The molecule has 3 rings (SSSR count). The van der Waals surface area contributed by atoms with Gasteiger partial charge in [-0.1, -0.05) is 30.0 Å². The number of hydrogen-bond donors (Lipinski definition) is 0. The molecule has 128 valence electrons.